The van der Waals surface area contributed by atoms with E-state index in [1.54, 1.807) is 0 Å². The van der Waals surface area contributed by atoms with Crippen molar-refractivity contribution in [2.75, 3.05) is 28.2 Å². The van der Waals surface area contributed by atoms with Gasteiger partial charge in [0.1, 0.15) is 0 Å². The molecule has 0 aliphatic carbocycles. The van der Waals surface area contributed by atoms with Gasteiger partial charge in [0.2, 0.25) is 6.16 Å². The van der Waals surface area contributed by atoms with Gasteiger partial charge in [-0.25, -0.2) is 0 Å². The first-order valence-corrected chi connectivity index (χ1v) is 2.42. The molecular formula is C5H13AuNO3. The molecule has 0 amide bonds. The van der Waals surface area contributed by atoms with E-state index in [1.807, 2.05) is 0 Å². The van der Waals surface area contributed by atoms with Crippen LogP contribution in [-0.4, -0.2) is 43.9 Å². The zero-order valence-corrected chi connectivity index (χ0v) is 8.68. The van der Waals surface area contributed by atoms with Crippen LogP contribution in [-0.2, 0) is 22.4 Å². The van der Waals surface area contributed by atoms with Gasteiger partial charge in [0.05, 0.1) is 28.2 Å². The molecule has 0 unspecified atom stereocenters. The van der Waals surface area contributed by atoms with E-state index in [1.165, 1.54) is 0 Å². The van der Waals surface area contributed by atoms with E-state index < -0.39 is 6.16 Å². The van der Waals surface area contributed by atoms with Crippen molar-refractivity contribution in [3.05, 3.63) is 0 Å². The van der Waals surface area contributed by atoms with E-state index in [4.69, 9.17) is 15.0 Å². The molecule has 1 radical (unpaired) electrons. The van der Waals surface area contributed by atoms with Crippen molar-refractivity contribution in [3.8, 4) is 0 Å². The topological polar surface area (TPSA) is 60.4 Å². The fraction of sp³-hybridized carbons (Fsp3) is 0.800. The Hall–Kier alpha value is -0.0297. The van der Waals surface area contributed by atoms with Crippen LogP contribution in [0.25, 0.3) is 0 Å². The second-order valence-electron chi connectivity index (χ2n) is 2.95. The van der Waals surface area contributed by atoms with Gasteiger partial charge in [-0.1, -0.05) is 0 Å². The zero-order valence-electron chi connectivity index (χ0n) is 6.51. The molecule has 67 valence electrons. The van der Waals surface area contributed by atoms with Gasteiger partial charge in [0.15, 0.2) is 0 Å². The number of nitrogens with zero attached hydrogens (tertiary/aromatic N) is 1. The van der Waals surface area contributed by atoms with Crippen LogP contribution in [0.5, 0.6) is 0 Å². The second kappa shape index (κ2) is 7.08. The predicted octanol–water partition coefficient (Wildman–Crippen LogP) is -0.792. The van der Waals surface area contributed by atoms with Gasteiger partial charge in [-0.3, -0.25) is 0 Å². The van der Waals surface area contributed by atoms with E-state index >= 15 is 0 Å². The summed E-state index contributed by atoms with van der Waals surface area (Å²) in [6, 6.07) is 0. The Labute approximate surface area is 76.6 Å². The molecule has 4 nitrogen and oxygen atoms in total. The molecule has 1 N–H and O–H groups in total. The molecule has 10 heavy (non-hydrogen) atoms. The van der Waals surface area contributed by atoms with Gasteiger partial charge >= 0.3 is 0 Å². The molecule has 0 heterocycles. The number of carbonyl (C=O) groups is 1. The third-order valence-corrected chi connectivity index (χ3v) is 0. The third-order valence-electron chi connectivity index (χ3n) is 0. The molecule has 0 spiro atoms. The van der Waals surface area contributed by atoms with Gasteiger partial charge in [0.25, 0.3) is 0 Å². The van der Waals surface area contributed by atoms with Crippen molar-refractivity contribution >= 4 is 6.16 Å². The SMILES string of the molecule is C[N+](C)(C)C.O=C([O-])O.[Au]. The quantitative estimate of drug-likeness (QED) is 0.467. The summed E-state index contributed by atoms with van der Waals surface area (Å²) in [6.07, 6.45) is -2.08. The maximum absolute atomic E-state index is 8.44. The van der Waals surface area contributed by atoms with Crippen molar-refractivity contribution in [2.24, 2.45) is 0 Å². The first-order valence-electron chi connectivity index (χ1n) is 2.42. The zero-order chi connectivity index (χ0) is 8.08. The molecular weight excluding hydrogens is 319 g/mol. The summed E-state index contributed by atoms with van der Waals surface area (Å²) in [5.41, 5.74) is 0. The second-order valence-corrected chi connectivity index (χ2v) is 2.95. The first-order chi connectivity index (χ1) is 3.73. The van der Waals surface area contributed by atoms with E-state index in [9.17, 15) is 0 Å². The first kappa shape index (κ1) is 16.5. The van der Waals surface area contributed by atoms with E-state index in [0.29, 0.717) is 0 Å². The summed E-state index contributed by atoms with van der Waals surface area (Å²) in [5, 5.41) is 15.3. The smallest absolute Gasteiger partial charge is 0.249 e. The molecule has 0 bridgehead atoms. The Morgan fingerprint density at radius 2 is 1.30 bits per heavy atom. The molecule has 0 aromatic rings. The minimum Gasteiger partial charge on any atom is -0.565 e. The average Bonchev–Trinajstić information content (AvgIpc) is 1.19. The number of carboxylic acid groups (broad SMARTS) is 2. The normalized spacial score (nSPS) is 8.40. The summed E-state index contributed by atoms with van der Waals surface area (Å²) in [5.74, 6) is 0. The molecule has 0 aliphatic rings. The number of hydrogen-bond acceptors (Lipinski definition) is 2. The van der Waals surface area contributed by atoms with Crippen molar-refractivity contribution in [1.82, 2.24) is 0 Å². The molecule has 5 heteroatoms. The van der Waals surface area contributed by atoms with Crippen LogP contribution >= 0.6 is 0 Å². The van der Waals surface area contributed by atoms with Crippen molar-refractivity contribution in [1.29, 1.82) is 0 Å². The van der Waals surface area contributed by atoms with Crippen molar-refractivity contribution < 1.29 is 41.9 Å². The van der Waals surface area contributed by atoms with Crippen molar-refractivity contribution in [3.63, 3.8) is 0 Å². The predicted molar refractivity (Wildman–Crippen MR) is 32.0 cm³/mol. The Kier molecular flexibility index (Phi) is 11.7. The van der Waals surface area contributed by atoms with Gasteiger partial charge in [0, 0.05) is 22.4 Å². The summed E-state index contributed by atoms with van der Waals surface area (Å²) in [6.45, 7) is 0. The van der Waals surface area contributed by atoms with Crippen LogP contribution in [0.1, 0.15) is 0 Å². The van der Waals surface area contributed by atoms with Gasteiger partial charge in [-0.15, -0.1) is 0 Å². The van der Waals surface area contributed by atoms with Crippen molar-refractivity contribution in [2.45, 2.75) is 0 Å². The van der Waals surface area contributed by atoms with Crippen LogP contribution < -0.4 is 5.11 Å². The molecule has 0 rings (SSSR count). The van der Waals surface area contributed by atoms with Crippen LogP contribution in [0, 0.1) is 0 Å². The minimum absolute atomic E-state index is 0. The Balaban J connectivity index is -0.0000000910. The van der Waals surface area contributed by atoms with Crippen LogP contribution in [0.15, 0.2) is 0 Å². The maximum Gasteiger partial charge on any atom is 0.249 e. The van der Waals surface area contributed by atoms with E-state index in [2.05, 4.69) is 28.2 Å². The largest absolute Gasteiger partial charge is 0.565 e. The molecule has 0 saturated heterocycles. The Bertz CT molecular complexity index is 79.4. The summed E-state index contributed by atoms with van der Waals surface area (Å²) < 4.78 is 1.00. The van der Waals surface area contributed by atoms with E-state index in [0.717, 1.165) is 4.48 Å². The number of rotatable bonds is 0. The summed E-state index contributed by atoms with van der Waals surface area (Å²) >= 11 is 0. The van der Waals surface area contributed by atoms with Gasteiger partial charge in [-0.05, 0) is 0 Å². The molecule has 0 aromatic carbocycles. The molecule has 0 atom stereocenters. The monoisotopic (exact) mass is 332 g/mol. The molecule has 0 saturated carbocycles. The summed E-state index contributed by atoms with van der Waals surface area (Å²) in [4.78, 5) is 8.44. The van der Waals surface area contributed by atoms with E-state index in [-0.39, 0.29) is 22.4 Å². The van der Waals surface area contributed by atoms with Crippen LogP contribution in [0.4, 0.5) is 4.79 Å². The molecule has 0 fully saturated rings. The summed E-state index contributed by atoms with van der Waals surface area (Å²) in [7, 11) is 8.50. The maximum atomic E-state index is 8.44. The Morgan fingerprint density at radius 3 is 1.30 bits per heavy atom. The van der Waals surface area contributed by atoms with Gasteiger partial charge in [-0.2, -0.15) is 0 Å². The standard InChI is InChI=1S/C4H12N.CH2O3.Au/c1-5(2,3)4;2-1(3)4;/h1-4H3;(H2,2,3,4);/q+1;;/p-1. The van der Waals surface area contributed by atoms with Crippen LogP contribution in [0.3, 0.4) is 0 Å². The average molecular weight is 332 g/mol. The number of quaternary nitrogens is 1. The minimum atomic E-state index is -2.08. The number of hydrogen-bond donors (Lipinski definition) is 1. The molecule has 0 aromatic heterocycles. The third kappa shape index (κ3) is 438000. The fourth-order valence-electron chi connectivity index (χ4n) is 0. The van der Waals surface area contributed by atoms with Gasteiger partial charge < -0.3 is 19.5 Å². The fourth-order valence-corrected chi connectivity index (χ4v) is 0. The molecule has 0 aliphatic heterocycles. The Morgan fingerprint density at radius 1 is 1.30 bits per heavy atom. The van der Waals surface area contributed by atoms with Crippen LogP contribution in [0.2, 0.25) is 0 Å².